The van der Waals surface area contributed by atoms with Gasteiger partial charge in [0.15, 0.2) is 0 Å². The molecule has 3 nitrogen and oxygen atoms in total. The van der Waals surface area contributed by atoms with Crippen LogP contribution in [0.4, 0.5) is 0 Å². The van der Waals surface area contributed by atoms with Crippen LogP contribution < -0.4 is 0 Å². The molecule has 0 unspecified atom stereocenters. The molecule has 2 aromatic carbocycles. The van der Waals surface area contributed by atoms with Gasteiger partial charge >= 0.3 is 5.97 Å². The topological polar surface area (TPSA) is 57.5 Å². The molecule has 0 aromatic heterocycles. The Morgan fingerprint density at radius 1 is 0.889 bits per heavy atom. The van der Waals surface area contributed by atoms with Gasteiger partial charge in [-0.1, -0.05) is 36.9 Å². The first-order chi connectivity index (χ1) is 8.58. The number of aliphatic hydroxyl groups is 1. The third-order valence-electron chi connectivity index (χ3n) is 2.66. The van der Waals surface area contributed by atoms with Crippen LogP contribution in [-0.2, 0) is 0 Å². The van der Waals surface area contributed by atoms with E-state index in [2.05, 4.69) is 6.58 Å². The standard InChI is InChI=1S/C15H12O3/c1-10(16)13-3-2-4-14(9-13)11-5-7-12(8-6-11)15(17)18/h2-9,16H,1H2,(H,17,18). The molecular weight excluding hydrogens is 228 g/mol. The third kappa shape index (κ3) is 2.40. The summed E-state index contributed by atoms with van der Waals surface area (Å²) in [7, 11) is 0. The van der Waals surface area contributed by atoms with Crippen molar-refractivity contribution in [2.45, 2.75) is 0 Å². The highest BCUT2D eigenvalue weighted by atomic mass is 16.4. The van der Waals surface area contributed by atoms with E-state index in [1.165, 1.54) is 0 Å². The lowest BCUT2D eigenvalue weighted by Crippen LogP contribution is -1.95. The summed E-state index contributed by atoms with van der Waals surface area (Å²) in [5, 5.41) is 18.2. The summed E-state index contributed by atoms with van der Waals surface area (Å²) in [6.45, 7) is 3.48. The first-order valence-electron chi connectivity index (χ1n) is 5.40. The molecule has 0 radical (unpaired) electrons. The zero-order valence-corrected chi connectivity index (χ0v) is 9.63. The Morgan fingerprint density at radius 2 is 1.56 bits per heavy atom. The molecule has 3 heteroatoms. The Morgan fingerprint density at radius 3 is 2.11 bits per heavy atom. The quantitative estimate of drug-likeness (QED) is 0.806. The number of benzene rings is 2. The number of carboxylic acid groups (broad SMARTS) is 1. The lowest BCUT2D eigenvalue weighted by atomic mass is 10.0. The third-order valence-corrected chi connectivity index (χ3v) is 2.66. The first kappa shape index (κ1) is 11.9. The fourth-order valence-corrected chi connectivity index (χ4v) is 1.68. The number of hydrogen-bond acceptors (Lipinski definition) is 2. The maximum atomic E-state index is 10.7. The van der Waals surface area contributed by atoms with Crippen molar-refractivity contribution in [3.63, 3.8) is 0 Å². The van der Waals surface area contributed by atoms with Crippen LogP contribution in [0.5, 0.6) is 0 Å². The minimum Gasteiger partial charge on any atom is -0.508 e. The van der Waals surface area contributed by atoms with E-state index in [4.69, 9.17) is 5.11 Å². The minimum absolute atomic E-state index is 0.0130. The molecule has 0 aliphatic heterocycles. The molecule has 18 heavy (non-hydrogen) atoms. The number of hydrogen-bond donors (Lipinski definition) is 2. The highest BCUT2D eigenvalue weighted by molar-refractivity contribution is 5.88. The summed E-state index contributed by atoms with van der Waals surface area (Å²) in [6.07, 6.45) is 0. The van der Waals surface area contributed by atoms with Crippen LogP contribution in [0, 0.1) is 0 Å². The Hall–Kier alpha value is -2.55. The summed E-state index contributed by atoms with van der Waals surface area (Å²) in [5.41, 5.74) is 2.69. The first-order valence-corrected chi connectivity index (χ1v) is 5.40. The number of aliphatic hydroxyl groups excluding tert-OH is 1. The van der Waals surface area contributed by atoms with Gasteiger partial charge in [0.1, 0.15) is 5.76 Å². The second-order valence-corrected chi connectivity index (χ2v) is 3.91. The molecular formula is C15H12O3. The van der Waals surface area contributed by atoms with Gasteiger partial charge in [0.25, 0.3) is 0 Å². The largest absolute Gasteiger partial charge is 0.508 e. The predicted octanol–water partition coefficient (Wildman–Crippen LogP) is 3.58. The highest BCUT2D eigenvalue weighted by Crippen LogP contribution is 2.22. The predicted molar refractivity (Wildman–Crippen MR) is 70.5 cm³/mol. The van der Waals surface area contributed by atoms with Gasteiger partial charge in [0, 0.05) is 5.56 Å². The van der Waals surface area contributed by atoms with E-state index in [0.717, 1.165) is 11.1 Å². The van der Waals surface area contributed by atoms with Gasteiger partial charge in [0.05, 0.1) is 5.56 Å². The van der Waals surface area contributed by atoms with Crippen LogP contribution in [0.25, 0.3) is 16.9 Å². The van der Waals surface area contributed by atoms with Crippen LogP contribution in [0.2, 0.25) is 0 Å². The monoisotopic (exact) mass is 240 g/mol. The average molecular weight is 240 g/mol. The molecule has 0 heterocycles. The van der Waals surface area contributed by atoms with E-state index in [-0.39, 0.29) is 11.3 Å². The van der Waals surface area contributed by atoms with Crippen molar-refractivity contribution in [2.24, 2.45) is 0 Å². The van der Waals surface area contributed by atoms with Gasteiger partial charge in [-0.15, -0.1) is 0 Å². The fourth-order valence-electron chi connectivity index (χ4n) is 1.68. The Labute approximate surface area is 105 Å². The minimum atomic E-state index is -0.945. The smallest absolute Gasteiger partial charge is 0.335 e. The molecule has 0 atom stereocenters. The number of carboxylic acids is 1. The zero-order valence-electron chi connectivity index (χ0n) is 9.63. The van der Waals surface area contributed by atoms with Crippen molar-refractivity contribution in [3.05, 3.63) is 66.2 Å². The van der Waals surface area contributed by atoms with Crippen molar-refractivity contribution in [2.75, 3.05) is 0 Å². The van der Waals surface area contributed by atoms with Gasteiger partial charge in [-0.2, -0.15) is 0 Å². The van der Waals surface area contributed by atoms with Gasteiger partial charge < -0.3 is 10.2 Å². The van der Waals surface area contributed by atoms with Crippen molar-refractivity contribution < 1.29 is 15.0 Å². The van der Waals surface area contributed by atoms with E-state index < -0.39 is 5.97 Å². The maximum absolute atomic E-state index is 10.7. The molecule has 2 N–H and O–H groups in total. The Bertz CT molecular complexity index is 597. The molecule has 0 aliphatic carbocycles. The van der Waals surface area contributed by atoms with Crippen molar-refractivity contribution in [3.8, 4) is 11.1 Å². The summed E-state index contributed by atoms with van der Waals surface area (Å²) >= 11 is 0. The van der Waals surface area contributed by atoms with Crippen LogP contribution >= 0.6 is 0 Å². The van der Waals surface area contributed by atoms with Gasteiger partial charge in [-0.05, 0) is 29.3 Å². The van der Waals surface area contributed by atoms with Crippen LogP contribution in [0.1, 0.15) is 15.9 Å². The van der Waals surface area contributed by atoms with Crippen molar-refractivity contribution >= 4 is 11.7 Å². The zero-order chi connectivity index (χ0) is 13.1. The van der Waals surface area contributed by atoms with Crippen LogP contribution in [0.3, 0.4) is 0 Å². The van der Waals surface area contributed by atoms with Crippen LogP contribution in [-0.4, -0.2) is 16.2 Å². The number of aromatic carboxylic acids is 1. The molecule has 90 valence electrons. The summed E-state index contributed by atoms with van der Waals surface area (Å²) < 4.78 is 0. The van der Waals surface area contributed by atoms with Gasteiger partial charge in [-0.3, -0.25) is 0 Å². The average Bonchev–Trinajstić information content (AvgIpc) is 2.39. The highest BCUT2D eigenvalue weighted by Gasteiger charge is 2.04. The molecule has 0 amide bonds. The normalized spacial score (nSPS) is 10.0. The Kier molecular flexibility index (Phi) is 3.15. The second-order valence-electron chi connectivity index (χ2n) is 3.91. The lowest BCUT2D eigenvalue weighted by molar-refractivity contribution is 0.0697. The molecule has 0 saturated carbocycles. The van der Waals surface area contributed by atoms with E-state index in [0.29, 0.717) is 5.56 Å². The fraction of sp³-hybridized carbons (Fsp3) is 0. The van der Waals surface area contributed by atoms with E-state index in [1.807, 2.05) is 12.1 Å². The molecule has 0 spiro atoms. The maximum Gasteiger partial charge on any atom is 0.335 e. The Balaban J connectivity index is 2.39. The summed E-state index contributed by atoms with van der Waals surface area (Å²) in [4.78, 5) is 10.7. The molecule has 0 aliphatic rings. The summed E-state index contributed by atoms with van der Waals surface area (Å²) in [5.74, 6) is -0.932. The molecule has 2 rings (SSSR count). The van der Waals surface area contributed by atoms with Crippen molar-refractivity contribution in [1.82, 2.24) is 0 Å². The summed E-state index contributed by atoms with van der Waals surface area (Å²) in [6, 6.07) is 13.9. The molecule has 0 bridgehead atoms. The molecule has 0 saturated heterocycles. The van der Waals surface area contributed by atoms with Gasteiger partial charge in [-0.25, -0.2) is 4.79 Å². The van der Waals surface area contributed by atoms with Crippen LogP contribution in [0.15, 0.2) is 55.1 Å². The molecule has 2 aromatic rings. The molecule has 0 fully saturated rings. The number of rotatable bonds is 3. The number of carbonyl (C=O) groups is 1. The van der Waals surface area contributed by atoms with E-state index in [9.17, 15) is 9.90 Å². The lowest BCUT2D eigenvalue weighted by Gasteiger charge is -2.05. The SMILES string of the molecule is C=C(O)c1cccc(-c2ccc(C(=O)O)cc2)c1. The van der Waals surface area contributed by atoms with E-state index >= 15 is 0 Å². The second kappa shape index (κ2) is 4.75. The van der Waals surface area contributed by atoms with E-state index in [1.54, 1.807) is 36.4 Å². The van der Waals surface area contributed by atoms with Crippen molar-refractivity contribution in [1.29, 1.82) is 0 Å². The van der Waals surface area contributed by atoms with Gasteiger partial charge in [0.2, 0.25) is 0 Å².